The minimum atomic E-state index is 0.851. The summed E-state index contributed by atoms with van der Waals surface area (Å²) in [6.07, 6.45) is 15.6. The molecule has 0 amide bonds. The van der Waals surface area contributed by atoms with Gasteiger partial charge in [-0.1, -0.05) is 65.7 Å². The zero-order valence-corrected chi connectivity index (χ0v) is 15.9. The Bertz CT molecular complexity index is 214. The van der Waals surface area contributed by atoms with Gasteiger partial charge in [0.2, 0.25) is 0 Å². The van der Waals surface area contributed by atoms with Crippen molar-refractivity contribution < 1.29 is 4.48 Å². The van der Waals surface area contributed by atoms with Gasteiger partial charge in [0.25, 0.3) is 0 Å². The Labute approximate surface area is 136 Å². The quantitative estimate of drug-likeness (QED) is 0.237. The van der Waals surface area contributed by atoms with Crippen molar-refractivity contribution in [2.24, 2.45) is 0 Å². The maximum absolute atomic E-state index is 2.49. The molecular weight excluding hydrogens is 254 g/mol. The van der Waals surface area contributed by atoms with Crippen molar-refractivity contribution in [1.82, 2.24) is 0 Å². The molecule has 0 N–H and O–H groups in total. The maximum atomic E-state index is 2.49. The molecule has 0 aliphatic carbocycles. The Morgan fingerprint density at radius 1 is 0.619 bits per heavy atom. The molecule has 0 radical (unpaired) electrons. The van der Waals surface area contributed by atoms with E-state index in [1.54, 1.807) is 0 Å². The van der Waals surface area contributed by atoms with Gasteiger partial charge in [0, 0.05) is 0 Å². The highest BCUT2D eigenvalue weighted by molar-refractivity contribution is 4.56. The summed E-state index contributed by atoms with van der Waals surface area (Å²) in [5, 5.41) is 0. The molecule has 2 atom stereocenters. The van der Waals surface area contributed by atoms with Gasteiger partial charge in [0.05, 0.1) is 25.7 Å². The van der Waals surface area contributed by atoms with E-state index in [2.05, 4.69) is 34.6 Å². The summed E-state index contributed by atoms with van der Waals surface area (Å²) in [5.41, 5.74) is 0. The lowest BCUT2D eigenvalue weighted by atomic mass is 10.0. The lowest BCUT2D eigenvalue weighted by molar-refractivity contribution is -0.948. The summed E-state index contributed by atoms with van der Waals surface area (Å²) in [6.45, 7) is 16.0. The van der Waals surface area contributed by atoms with E-state index in [0.717, 1.165) is 6.04 Å². The predicted octanol–water partition coefficient (Wildman–Crippen LogP) is 6.56. The average molecular weight is 299 g/mol. The van der Waals surface area contributed by atoms with Gasteiger partial charge in [-0.3, -0.25) is 0 Å². The lowest BCUT2D eigenvalue weighted by Crippen LogP contribution is -2.55. The van der Waals surface area contributed by atoms with Crippen LogP contribution in [0.5, 0.6) is 0 Å². The number of rotatable bonds is 15. The first kappa shape index (κ1) is 21.0. The number of hydrogen-bond donors (Lipinski definition) is 0. The molecule has 0 bridgehead atoms. The molecule has 2 unspecified atom stereocenters. The van der Waals surface area contributed by atoms with E-state index < -0.39 is 0 Å². The van der Waals surface area contributed by atoms with E-state index in [9.17, 15) is 0 Å². The molecule has 0 aliphatic rings. The topological polar surface area (TPSA) is 0 Å². The molecule has 0 aliphatic heterocycles. The zero-order valence-electron chi connectivity index (χ0n) is 15.9. The second kappa shape index (κ2) is 13.6. The van der Waals surface area contributed by atoms with Crippen molar-refractivity contribution in [1.29, 1.82) is 0 Å². The Kier molecular flexibility index (Phi) is 13.6. The molecule has 0 aromatic rings. The highest BCUT2D eigenvalue weighted by Crippen LogP contribution is 2.21. The van der Waals surface area contributed by atoms with Crippen LogP contribution in [-0.2, 0) is 0 Å². The van der Waals surface area contributed by atoms with Crippen molar-refractivity contribution in [3.8, 4) is 0 Å². The lowest BCUT2D eigenvalue weighted by Gasteiger charge is -2.43. The summed E-state index contributed by atoms with van der Waals surface area (Å²) in [7, 11) is 0. The number of nitrogens with zero attached hydrogens (tertiary/aromatic N) is 1. The van der Waals surface area contributed by atoms with Gasteiger partial charge in [-0.15, -0.1) is 0 Å². The van der Waals surface area contributed by atoms with E-state index in [4.69, 9.17) is 0 Å². The van der Waals surface area contributed by atoms with Crippen molar-refractivity contribution in [3.63, 3.8) is 0 Å². The fourth-order valence-corrected chi connectivity index (χ4v) is 3.88. The van der Waals surface area contributed by atoms with Crippen LogP contribution in [0.2, 0.25) is 0 Å². The summed E-state index contributed by atoms with van der Waals surface area (Å²) in [5.74, 6) is 0. The third-order valence-electron chi connectivity index (χ3n) is 5.40. The third kappa shape index (κ3) is 8.86. The summed E-state index contributed by atoms with van der Waals surface area (Å²) in [4.78, 5) is 0. The Morgan fingerprint density at radius 3 is 1.67 bits per heavy atom. The van der Waals surface area contributed by atoms with E-state index in [1.165, 1.54) is 94.7 Å². The summed E-state index contributed by atoms with van der Waals surface area (Å²) < 4.78 is 1.38. The number of unbranched alkanes of at least 4 members (excludes halogenated alkanes) is 7. The molecule has 21 heavy (non-hydrogen) atoms. The van der Waals surface area contributed by atoms with Gasteiger partial charge in [0.15, 0.2) is 0 Å². The molecule has 1 heteroatoms. The first-order valence-corrected chi connectivity index (χ1v) is 10.0. The highest BCUT2D eigenvalue weighted by Gasteiger charge is 2.29. The van der Waals surface area contributed by atoms with Crippen LogP contribution in [0, 0.1) is 0 Å². The monoisotopic (exact) mass is 298 g/mol. The highest BCUT2D eigenvalue weighted by atomic mass is 15.4. The van der Waals surface area contributed by atoms with Gasteiger partial charge in [-0.05, 0) is 39.5 Å². The largest absolute Gasteiger partial charge is 0.322 e. The van der Waals surface area contributed by atoms with Gasteiger partial charge in [0.1, 0.15) is 0 Å². The first-order chi connectivity index (χ1) is 10.2. The normalized spacial score (nSPS) is 15.9. The molecular formula is C20H44N+. The van der Waals surface area contributed by atoms with Crippen LogP contribution in [0.1, 0.15) is 105 Å². The second-order valence-electron chi connectivity index (χ2n) is 7.09. The van der Waals surface area contributed by atoms with Crippen molar-refractivity contribution in [3.05, 3.63) is 0 Å². The first-order valence-electron chi connectivity index (χ1n) is 10.0. The van der Waals surface area contributed by atoms with Crippen LogP contribution >= 0.6 is 0 Å². The van der Waals surface area contributed by atoms with E-state index >= 15 is 0 Å². The minimum absolute atomic E-state index is 0.851. The minimum Gasteiger partial charge on any atom is -0.322 e. The van der Waals surface area contributed by atoms with Crippen LogP contribution in [0.3, 0.4) is 0 Å². The standard InChI is InChI=1S/C20H44N/c1-6-10-11-12-13-14-15-16-19-21(9-4,18-8-3)20(5)17-7-2/h20H,6-19H2,1-5H3/q+1. The fraction of sp³-hybridized carbons (Fsp3) is 1.00. The third-order valence-corrected chi connectivity index (χ3v) is 5.40. The average Bonchev–Trinajstić information content (AvgIpc) is 2.49. The zero-order chi connectivity index (χ0) is 16.0. The Balaban J connectivity index is 4.01. The molecule has 0 rings (SSSR count). The summed E-state index contributed by atoms with van der Waals surface area (Å²) in [6, 6.07) is 0.851. The second-order valence-corrected chi connectivity index (χ2v) is 7.09. The fourth-order valence-electron chi connectivity index (χ4n) is 3.88. The summed E-state index contributed by atoms with van der Waals surface area (Å²) >= 11 is 0. The molecule has 0 aromatic carbocycles. The van der Waals surface area contributed by atoms with Crippen molar-refractivity contribution in [2.75, 3.05) is 19.6 Å². The maximum Gasteiger partial charge on any atom is 0.0861 e. The van der Waals surface area contributed by atoms with E-state index in [-0.39, 0.29) is 0 Å². The van der Waals surface area contributed by atoms with Crippen molar-refractivity contribution >= 4 is 0 Å². The number of quaternary nitrogens is 1. The van der Waals surface area contributed by atoms with Crippen LogP contribution in [0.25, 0.3) is 0 Å². The predicted molar refractivity (Wildman–Crippen MR) is 97.8 cm³/mol. The van der Waals surface area contributed by atoms with Gasteiger partial charge >= 0.3 is 0 Å². The van der Waals surface area contributed by atoms with E-state index in [1.807, 2.05) is 0 Å². The van der Waals surface area contributed by atoms with Gasteiger partial charge in [-0.25, -0.2) is 0 Å². The molecule has 0 heterocycles. The van der Waals surface area contributed by atoms with Crippen LogP contribution in [0.15, 0.2) is 0 Å². The molecule has 0 aromatic heterocycles. The molecule has 1 nitrogen and oxygen atoms in total. The van der Waals surface area contributed by atoms with Gasteiger partial charge in [-0.2, -0.15) is 0 Å². The van der Waals surface area contributed by atoms with Crippen LogP contribution < -0.4 is 0 Å². The SMILES string of the molecule is CCCCCCCCCC[N+](CC)(CCC)C(C)CCC. The van der Waals surface area contributed by atoms with Crippen LogP contribution in [0.4, 0.5) is 0 Å². The molecule has 128 valence electrons. The number of hydrogen-bond acceptors (Lipinski definition) is 0. The van der Waals surface area contributed by atoms with Crippen LogP contribution in [-0.4, -0.2) is 30.2 Å². The molecule has 0 saturated heterocycles. The Morgan fingerprint density at radius 2 is 1.19 bits per heavy atom. The molecule has 0 saturated carbocycles. The van der Waals surface area contributed by atoms with Crippen molar-refractivity contribution in [2.45, 2.75) is 111 Å². The molecule has 0 fully saturated rings. The van der Waals surface area contributed by atoms with E-state index in [0.29, 0.717) is 0 Å². The Hall–Kier alpha value is -0.0400. The smallest absolute Gasteiger partial charge is 0.0861 e. The molecule has 0 spiro atoms. The van der Waals surface area contributed by atoms with Gasteiger partial charge < -0.3 is 4.48 Å².